The van der Waals surface area contributed by atoms with E-state index in [0.717, 1.165) is 24.5 Å². The van der Waals surface area contributed by atoms with Crippen LogP contribution in [0.4, 0.5) is 0 Å². The highest BCUT2D eigenvalue weighted by atomic mass is 15.6. The van der Waals surface area contributed by atoms with Crippen molar-refractivity contribution in [2.24, 2.45) is 0 Å². The molecule has 0 amide bonds. The lowest BCUT2D eigenvalue weighted by Gasteiger charge is -2.32. The molecule has 0 spiro atoms. The van der Waals surface area contributed by atoms with Gasteiger partial charge in [0.15, 0.2) is 5.82 Å². The smallest absolute Gasteiger partial charge is 0.173 e. The molecular weight excluding hydrogens is 312 g/mol. The maximum absolute atomic E-state index is 9.30. The predicted molar refractivity (Wildman–Crippen MR) is 95.9 cm³/mol. The lowest BCUT2D eigenvalue weighted by molar-refractivity contribution is 0.209. The third-order valence-corrected chi connectivity index (χ3v) is 4.71. The first-order chi connectivity index (χ1) is 12.0. The highest BCUT2D eigenvalue weighted by Crippen LogP contribution is 2.31. The van der Waals surface area contributed by atoms with Crippen LogP contribution < -0.4 is 0 Å². The van der Waals surface area contributed by atoms with E-state index in [1.54, 1.807) is 0 Å². The molecule has 3 rings (SSSR count). The predicted octanol–water partition coefficient (Wildman–Crippen LogP) is 3.27. The van der Waals surface area contributed by atoms with Crippen LogP contribution in [0, 0.1) is 11.3 Å². The topological polar surface area (TPSA) is 70.6 Å². The molecule has 0 radical (unpaired) electrons. The van der Waals surface area contributed by atoms with E-state index in [1.165, 1.54) is 25.7 Å². The van der Waals surface area contributed by atoms with Crippen molar-refractivity contribution in [1.29, 1.82) is 5.26 Å². The zero-order valence-electron chi connectivity index (χ0n) is 15.3. The van der Waals surface area contributed by atoms with Gasteiger partial charge in [0.05, 0.1) is 23.2 Å². The maximum Gasteiger partial charge on any atom is 0.173 e. The van der Waals surface area contributed by atoms with E-state index in [9.17, 15) is 5.26 Å². The molecule has 0 N–H and O–H groups in total. The van der Waals surface area contributed by atoms with E-state index in [4.69, 9.17) is 0 Å². The van der Waals surface area contributed by atoms with E-state index in [-0.39, 0.29) is 11.6 Å². The van der Waals surface area contributed by atoms with Crippen molar-refractivity contribution in [3.63, 3.8) is 0 Å². The summed E-state index contributed by atoms with van der Waals surface area (Å²) in [6, 6.07) is 10.1. The number of likely N-dealkylation sites (tertiary alicyclic amines) is 1. The number of aromatic nitrogens is 4. The molecule has 1 aromatic heterocycles. The van der Waals surface area contributed by atoms with E-state index < -0.39 is 0 Å². The SMILES string of the molecule is CC(C)(C)n1nnnc1[C@@H](c1cccc(C#N)c1)N1CCCCCC1. The van der Waals surface area contributed by atoms with Gasteiger partial charge in [0.2, 0.25) is 0 Å². The van der Waals surface area contributed by atoms with Crippen LogP contribution >= 0.6 is 0 Å². The standard InChI is InChI=1S/C19H26N6/c1-19(2,3)25-18(21-22-23-25)17(24-11-6-4-5-7-12-24)16-10-8-9-15(13-16)14-20/h8-10,13,17H,4-7,11-12H2,1-3H3/t17-/m1/s1. The summed E-state index contributed by atoms with van der Waals surface area (Å²) in [5.41, 5.74) is 1.56. The van der Waals surface area contributed by atoms with Crippen molar-refractivity contribution >= 4 is 0 Å². The van der Waals surface area contributed by atoms with E-state index in [2.05, 4.69) is 53.3 Å². The maximum atomic E-state index is 9.30. The molecule has 1 atom stereocenters. The summed E-state index contributed by atoms with van der Waals surface area (Å²) in [5.74, 6) is 0.851. The average molecular weight is 338 g/mol. The lowest BCUT2D eigenvalue weighted by atomic mass is 10.00. The Hall–Kier alpha value is -2.26. The molecule has 1 fully saturated rings. The Morgan fingerprint density at radius 1 is 1.12 bits per heavy atom. The van der Waals surface area contributed by atoms with Crippen molar-refractivity contribution < 1.29 is 0 Å². The highest BCUT2D eigenvalue weighted by Gasteiger charge is 2.31. The summed E-state index contributed by atoms with van der Waals surface area (Å²) < 4.78 is 1.92. The Morgan fingerprint density at radius 2 is 1.84 bits per heavy atom. The largest absolute Gasteiger partial charge is 0.290 e. The fourth-order valence-corrected chi connectivity index (χ4v) is 3.50. The first kappa shape index (κ1) is 17.6. The normalized spacial score (nSPS) is 17.7. The Balaban J connectivity index is 2.09. The molecule has 1 aliphatic rings. The van der Waals surface area contributed by atoms with Crippen molar-refractivity contribution in [3.8, 4) is 6.07 Å². The molecule has 0 unspecified atom stereocenters. The van der Waals surface area contributed by atoms with Gasteiger partial charge in [-0.1, -0.05) is 25.0 Å². The van der Waals surface area contributed by atoms with Crippen molar-refractivity contribution in [2.45, 2.75) is 58.0 Å². The number of hydrogen-bond acceptors (Lipinski definition) is 5. The zero-order chi connectivity index (χ0) is 17.9. The van der Waals surface area contributed by atoms with Gasteiger partial charge in [-0.3, -0.25) is 4.90 Å². The van der Waals surface area contributed by atoms with E-state index in [0.29, 0.717) is 5.56 Å². The third-order valence-electron chi connectivity index (χ3n) is 4.71. The van der Waals surface area contributed by atoms with Gasteiger partial charge in [0.25, 0.3) is 0 Å². The van der Waals surface area contributed by atoms with Crippen LogP contribution in [-0.4, -0.2) is 38.2 Å². The van der Waals surface area contributed by atoms with Crippen LogP contribution in [0.25, 0.3) is 0 Å². The minimum atomic E-state index is -0.199. The molecule has 2 heterocycles. The summed E-state index contributed by atoms with van der Waals surface area (Å²) in [6.45, 7) is 8.38. The molecular formula is C19H26N6. The fourth-order valence-electron chi connectivity index (χ4n) is 3.50. The molecule has 1 aliphatic heterocycles. The van der Waals surface area contributed by atoms with Crippen molar-refractivity contribution in [3.05, 3.63) is 41.2 Å². The third kappa shape index (κ3) is 3.88. The summed E-state index contributed by atoms with van der Waals surface area (Å²) >= 11 is 0. The van der Waals surface area contributed by atoms with Crippen LogP contribution in [0.5, 0.6) is 0 Å². The van der Waals surface area contributed by atoms with Crippen LogP contribution in [0.1, 0.15) is 69.4 Å². The molecule has 0 aliphatic carbocycles. The van der Waals surface area contributed by atoms with Gasteiger partial charge in [-0.25, -0.2) is 4.68 Å². The number of tetrazole rings is 1. The van der Waals surface area contributed by atoms with Crippen LogP contribution in [0.3, 0.4) is 0 Å². The average Bonchev–Trinajstić information content (AvgIpc) is 2.92. The van der Waals surface area contributed by atoms with Gasteiger partial charge in [-0.2, -0.15) is 5.26 Å². The number of nitrogens with zero attached hydrogens (tertiary/aromatic N) is 6. The number of nitriles is 1. The minimum absolute atomic E-state index is 0.0272. The minimum Gasteiger partial charge on any atom is -0.290 e. The first-order valence-corrected chi connectivity index (χ1v) is 9.03. The molecule has 0 bridgehead atoms. The van der Waals surface area contributed by atoms with Gasteiger partial charge in [-0.15, -0.1) is 5.10 Å². The molecule has 6 heteroatoms. The summed E-state index contributed by atoms with van der Waals surface area (Å²) in [6.07, 6.45) is 4.91. The van der Waals surface area contributed by atoms with Crippen LogP contribution in [0.2, 0.25) is 0 Å². The molecule has 132 valence electrons. The fraction of sp³-hybridized carbons (Fsp3) is 0.579. The highest BCUT2D eigenvalue weighted by molar-refractivity contribution is 5.36. The molecule has 25 heavy (non-hydrogen) atoms. The Labute approximate surface area is 149 Å². The molecule has 1 saturated heterocycles. The molecule has 2 aromatic rings. The van der Waals surface area contributed by atoms with Crippen molar-refractivity contribution in [1.82, 2.24) is 25.1 Å². The van der Waals surface area contributed by atoms with E-state index >= 15 is 0 Å². The zero-order valence-corrected chi connectivity index (χ0v) is 15.3. The van der Waals surface area contributed by atoms with Crippen molar-refractivity contribution in [2.75, 3.05) is 13.1 Å². The summed E-state index contributed by atoms with van der Waals surface area (Å²) in [4.78, 5) is 2.47. The number of benzene rings is 1. The molecule has 6 nitrogen and oxygen atoms in total. The van der Waals surface area contributed by atoms with Gasteiger partial charge >= 0.3 is 0 Å². The second-order valence-electron chi connectivity index (χ2n) is 7.71. The lowest BCUT2D eigenvalue weighted by Crippen LogP contribution is -2.35. The molecule has 0 saturated carbocycles. The first-order valence-electron chi connectivity index (χ1n) is 9.03. The van der Waals surface area contributed by atoms with Crippen LogP contribution in [0.15, 0.2) is 24.3 Å². The van der Waals surface area contributed by atoms with E-state index in [1.807, 2.05) is 22.9 Å². The molecule has 1 aromatic carbocycles. The Bertz CT molecular complexity index is 744. The second-order valence-corrected chi connectivity index (χ2v) is 7.71. The van der Waals surface area contributed by atoms with Gasteiger partial charge in [0, 0.05) is 0 Å². The van der Waals surface area contributed by atoms with Gasteiger partial charge in [0.1, 0.15) is 0 Å². The van der Waals surface area contributed by atoms with Crippen LogP contribution in [-0.2, 0) is 5.54 Å². The van der Waals surface area contributed by atoms with Gasteiger partial charge in [-0.05, 0) is 74.8 Å². The summed E-state index contributed by atoms with van der Waals surface area (Å²) in [5, 5.41) is 21.9. The van der Waals surface area contributed by atoms with Gasteiger partial charge < -0.3 is 0 Å². The summed E-state index contributed by atoms with van der Waals surface area (Å²) in [7, 11) is 0. The monoisotopic (exact) mass is 338 g/mol. The quantitative estimate of drug-likeness (QED) is 0.859. The number of rotatable bonds is 3. The Morgan fingerprint density at radius 3 is 2.48 bits per heavy atom. The Kier molecular flexibility index (Phi) is 5.14. The second kappa shape index (κ2) is 7.32. The number of hydrogen-bond donors (Lipinski definition) is 0.